The first-order valence-electron chi connectivity index (χ1n) is 14.7. The molecule has 226 valence electrons. The summed E-state index contributed by atoms with van der Waals surface area (Å²) in [6, 6.07) is 9.29. The molecule has 9 nitrogen and oxygen atoms in total. The van der Waals surface area contributed by atoms with E-state index in [1.807, 2.05) is 6.07 Å². The number of hydrogen-bond donors (Lipinski definition) is 2. The molecule has 2 unspecified atom stereocenters. The van der Waals surface area contributed by atoms with Crippen LogP contribution in [0.15, 0.2) is 54.4 Å². The molecule has 0 bridgehead atoms. The summed E-state index contributed by atoms with van der Waals surface area (Å²) in [7, 11) is 0. The Balaban J connectivity index is 1.15. The van der Waals surface area contributed by atoms with E-state index in [-0.39, 0.29) is 13.0 Å². The molecule has 0 saturated carbocycles. The third-order valence-electron chi connectivity index (χ3n) is 9.13. The lowest BCUT2D eigenvalue weighted by Gasteiger charge is -2.50. The lowest BCUT2D eigenvalue weighted by Crippen LogP contribution is -2.61. The summed E-state index contributed by atoms with van der Waals surface area (Å²) in [5.41, 5.74) is 4.86. The summed E-state index contributed by atoms with van der Waals surface area (Å²) in [6.45, 7) is 4.52. The number of carbonyl (C=O) groups is 1. The fourth-order valence-corrected chi connectivity index (χ4v) is 7.94. The van der Waals surface area contributed by atoms with Gasteiger partial charge in [0.1, 0.15) is 11.7 Å². The number of fused-ring (bicyclic) bond motifs is 2. The van der Waals surface area contributed by atoms with Crippen molar-refractivity contribution in [3.8, 4) is 11.1 Å². The molecule has 0 aliphatic carbocycles. The largest absolute Gasteiger partial charge is 0.371 e. The maximum atomic E-state index is 14.3. The number of imidazole rings is 1. The van der Waals surface area contributed by atoms with Gasteiger partial charge < -0.3 is 14.8 Å². The third kappa shape index (κ3) is 4.77. The molecule has 2 atom stereocenters. The fourth-order valence-electron chi connectivity index (χ4n) is 6.86. The zero-order chi connectivity index (χ0) is 30.0. The van der Waals surface area contributed by atoms with E-state index in [2.05, 4.69) is 49.8 Å². The monoisotopic (exact) mass is 650 g/mol. The van der Waals surface area contributed by atoms with Crippen LogP contribution in [-0.2, 0) is 17.8 Å². The van der Waals surface area contributed by atoms with Crippen molar-refractivity contribution in [1.29, 1.82) is 0 Å². The smallest absolute Gasteiger partial charge is 0.257 e. The highest BCUT2D eigenvalue weighted by molar-refractivity contribution is 7.13. The number of hydrogen-bond acceptors (Lipinski definition) is 7. The van der Waals surface area contributed by atoms with Gasteiger partial charge in [0.2, 0.25) is 0 Å². The molecule has 2 aromatic carbocycles. The first-order chi connectivity index (χ1) is 21.4. The van der Waals surface area contributed by atoms with Gasteiger partial charge in [-0.1, -0.05) is 35.3 Å². The van der Waals surface area contributed by atoms with Crippen molar-refractivity contribution in [1.82, 2.24) is 29.6 Å². The van der Waals surface area contributed by atoms with Gasteiger partial charge in [-0.2, -0.15) is 5.10 Å². The van der Waals surface area contributed by atoms with Crippen molar-refractivity contribution in [2.75, 3.05) is 36.4 Å². The maximum absolute atomic E-state index is 14.3. The molecule has 3 aromatic heterocycles. The Labute approximate surface area is 267 Å². The second kappa shape index (κ2) is 10.8. The Hall–Kier alpha value is -3.51. The van der Waals surface area contributed by atoms with E-state index in [1.54, 1.807) is 28.7 Å². The predicted octanol–water partition coefficient (Wildman–Crippen LogP) is 5.98. The summed E-state index contributed by atoms with van der Waals surface area (Å²) >= 11 is 15.2. The van der Waals surface area contributed by atoms with Crippen LogP contribution in [-0.4, -0.2) is 62.6 Å². The summed E-state index contributed by atoms with van der Waals surface area (Å²) in [4.78, 5) is 24.9. The van der Waals surface area contributed by atoms with Crippen LogP contribution in [0.3, 0.4) is 0 Å². The molecular weight excluding hydrogens is 622 g/mol. The van der Waals surface area contributed by atoms with Crippen LogP contribution in [0.4, 0.5) is 15.2 Å². The molecule has 8 rings (SSSR count). The third-order valence-corrected chi connectivity index (χ3v) is 10.5. The number of anilines is 2. The summed E-state index contributed by atoms with van der Waals surface area (Å²) in [5, 5.41) is 14.8. The molecule has 5 aromatic rings. The maximum Gasteiger partial charge on any atom is 0.257 e. The first kappa shape index (κ1) is 28.0. The highest BCUT2D eigenvalue weighted by atomic mass is 35.5. The summed E-state index contributed by atoms with van der Waals surface area (Å²) < 4.78 is 17.6. The quantitative estimate of drug-likeness (QED) is 0.235. The fraction of sp³-hybridized carbons (Fsp3) is 0.355. The number of rotatable bonds is 6. The van der Waals surface area contributed by atoms with Crippen LogP contribution in [0.2, 0.25) is 10.0 Å². The Morgan fingerprint density at radius 1 is 1.20 bits per heavy atom. The number of nitrogens with zero attached hydrogens (tertiary/aromatic N) is 6. The van der Waals surface area contributed by atoms with Gasteiger partial charge >= 0.3 is 0 Å². The van der Waals surface area contributed by atoms with E-state index in [1.165, 1.54) is 34.5 Å². The van der Waals surface area contributed by atoms with Crippen molar-refractivity contribution in [3.63, 3.8) is 0 Å². The highest BCUT2D eigenvalue weighted by Gasteiger charge is 2.40. The van der Waals surface area contributed by atoms with Gasteiger partial charge in [-0.25, -0.2) is 14.4 Å². The Morgan fingerprint density at radius 3 is 2.80 bits per heavy atom. The van der Waals surface area contributed by atoms with Gasteiger partial charge in [-0.05, 0) is 36.6 Å². The second-order valence-corrected chi connectivity index (χ2v) is 13.7. The minimum absolute atomic E-state index is 0.175. The Kier molecular flexibility index (Phi) is 6.89. The lowest BCUT2D eigenvalue weighted by molar-refractivity contribution is -0.118. The molecule has 1 spiro atoms. The average molecular weight is 652 g/mol. The number of halogens is 3. The van der Waals surface area contributed by atoms with Crippen LogP contribution in [0, 0.1) is 5.41 Å². The molecule has 3 aliphatic heterocycles. The zero-order valence-electron chi connectivity index (χ0n) is 23.6. The van der Waals surface area contributed by atoms with E-state index in [0.29, 0.717) is 42.9 Å². The molecule has 2 saturated heterocycles. The number of aromatic nitrogens is 5. The number of amides is 1. The molecule has 6 heterocycles. The molecule has 3 aliphatic rings. The lowest BCUT2D eigenvalue weighted by atomic mass is 9.75. The molecular formula is C31H29Cl2FN8OS. The van der Waals surface area contributed by atoms with Crippen molar-refractivity contribution in [2.24, 2.45) is 5.41 Å². The van der Waals surface area contributed by atoms with Crippen LogP contribution in [0.25, 0.3) is 22.0 Å². The highest BCUT2D eigenvalue weighted by Crippen LogP contribution is 2.41. The Bertz CT molecular complexity index is 1870. The van der Waals surface area contributed by atoms with Gasteiger partial charge in [0.25, 0.3) is 5.91 Å². The van der Waals surface area contributed by atoms with E-state index in [0.717, 1.165) is 37.3 Å². The summed E-state index contributed by atoms with van der Waals surface area (Å²) in [5.74, 6) is -0.392. The predicted molar refractivity (Wildman–Crippen MR) is 172 cm³/mol. The second-order valence-electron chi connectivity index (χ2n) is 12.0. The van der Waals surface area contributed by atoms with Crippen molar-refractivity contribution in [3.05, 3.63) is 75.9 Å². The van der Waals surface area contributed by atoms with Crippen LogP contribution in [0.5, 0.6) is 0 Å². The standard InChI is InChI=1S/C31H29Cl2FN8OS/c32-23-11-21(18-2-4-20(5-3-18)40-8-1-6-31(16-40)14-35-15-31)25(33)26-22(23)13-42(39-26)28(29(43)38-30-36-7-9-44-30)27-24-10-19(34)12-41(24)17-37-27/h2-5,7,9,11,13,17,19,28,35H,1,6,8,10,12,14-16H2,(H,36,38,43). The van der Waals surface area contributed by atoms with E-state index < -0.39 is 18.1 Å². The number of alkyl halides is 1. The van der Waals surface area contributed by atoms with Crippen LogP contribution < -0.4 is 15.5 Å². The van der Waals surface area contributed by atoms with E-state index >= 15 is 0 Å². The van der Waals surface area contributed by atoms with Gasteiger partial charge in [0.05, 0.1) is 28.6 Å². The molecule has 2 fully saturated rings. The van der Waals surface area contributed by atoms with Gasteiger partial charge in [-0.15, -0.1) is 11.3 Å². The number of carbonyl (C=O) groups excluding carboxylic acids is 1. The number of thiazole rings is 1. The average Bonchev–Trinajstić information content (AvgIpc) is 3.81. The zero-order valence-corrected chi connectivity index (χ0v) is 26.0. The molecule has 44 heavy (non-hydrogen) atoms. The number of benzene rings is 2. The van der Waals surface area contributed by atoms with E-state index in [9.17, 15) is 9.18 Å². The molecule has 2 N–H and O–H groups in total. The van der Waals surface area contributed by atoms with Gasteiger partial charge in [0.15, 0.2) is 11.2 Å². The molecule has 13 heteroatoms. The van der Waals surface area contributed by atoms with Crippen molar-refractivity contribution >= 4 is 62.2 Å². The SMILES string of the molecule is O=C(Nc1nccs1)C(c1ncn2c1CC(F)C2)n1cc2c(Cl)cc(-c3ccc(N4CCCC5(CNC5)C4)cc3)c(Cl)c2n1. The number of piperidine rings is 1. The first-order valence-corrected chi connectivity index (χ1v) is 16.3. The minimum atomic E-state index is -1.03. The Morgan fingerprint density at radius 2 is 2.05 bits per heavy atom. The van der Waals surface area contributed by atoms with Crippen molar-refractivity contribution < 1.29 is 9.18 Å². The molecule has 1 amide bonds. The minimum Gasteiger partial charge on any atom is -0.371 e. The molecule has 0 radical (unpaired) electrons. The summed E-state index contributed by atoms with van der Waals surface area (Å²) in [6.07, 6.45) is 6.51. The van der Waals surface area contributed by atoms with Crippen molar-refractivity contribution in [2.45, 2.75) is 38.0 Å². The van der Waals surface area contributed by atoms with Gasteiger partial charge in [0, 0.05) is 78.1 Å². The van der Waals surface area contributed by atoms with E-state index in [4.69, 9.17) is 28.3 Å². The van der Waals surface area contributed by atoms with Crippen LogP contribution in [0.1, 0.15) is 30.3 Å². The van der Waals surface area contributed by atoms with Gasteiger partial charge in [-0.3, -0.25) is 14.8 Å². The topological polar surface area (TPSA) is 92.9 Å². The number of nitrogens with one attached hydrogen (secondary N) is 2. The van der Waals surface area contributed by atoms with Crippen LogP contribution >= 0.6 is 34.5 Å². The normalized spacial score (nSPS) is 19.7.